The molecule has 0 aliphatic rings. The highest BCUT2D eigenvalue weighted by Gasteiger charge is 2.13. The minimum absolute atomic E-state index is 0.216. The number of thiophene rings is 1. The van der Waals surface area contributed by atoms with E-state index in [0.717, 1.165) is 22.4 Å². The average molecular weight is 350 g/mol. The van der Waals surface area contributed by atoms with Gasteiger partial charge in [0.05, 0.1) is 17.1 Å². The fraction of sp³-hybridized carbons (Fsp3) is 0.267. The number of halogens is 1. The Morgan fingerprint density at radius 3 is 2.90 bits per heavy atom. The van der Waals surface area contributed by atoms with E-state index in [1.54, 1.807) is 11.3 Å². The van der Waals surface area contributed by atoms with Gasteiger partial charge in [-0.1, -0.05) is 12.1 Å². The van der Waals surface area contributed by atoms with Crippen LogP contribution < -0.4 is 5.32 Å². The number of para-hydroxylation sites is 2. The predicted molar refractivity (Wildman–Crippen MR) is 88.0 cm³/mol. The van der Waals surface area contributed by atoms with E-state index in [1.165, 1.54) is 10.4 Å². The van der Waals surface area contributed by atoms with Crippen LogP contribution in [0.1, 0.15) is 23.7 Å². The van der Waals surface area contributed by atoms with Crippen molar-refractivity contribution in [1.29, 1.82) is 0 Å². The third-order valence-electron chi connectivity index (χ3n) is 3.41. The van der Waals surface area contributed by atoms with Crippen LogP contribution in [0.15, 0.2) is 40.2 Å². The third kappa shape index (κ3) is 2.66. The van der Waals surface area contributed by atoms with Crippen molar-refractivity contribution in [3.05, 3.63) is 50.9 Å². The molecule has 3 rings (SSSR count). The van der Waals surface area contributed by atoms with Crippen LogP contribution in [0.4, 0.5) is 0 Å². The van der Waals surface area contributed by atoms with E-state index in [4.69, 9.17) is 4.98 Å². The molecule has 3 aromatic rings. The quantitative estimate of drug-likeness (QED) is 0.762. The van der Waals surface area contributed by atoms with Crippen molar-refractivity contribution in [2.45, 2.75) is 19.5 Å². The second-order valence-electron chi connectivity index (χ2n) is 4.85. The van der Waals surface area contributed by atoms with Gasteiger partial charge in [0.2, 0.25) is 0 Å². The molecule has 1 N–H and O–H groups in total. The van der Waals surface area contributed by atoms with Crippen LogP contribution in [0.2, 0.25) is 0 Å². The Morgan fingerprint density at radius 2 is 2.20 bits per heavy atom. The topological polar surface area (TPSA) is 29.9 Å². The number of aryl methyl sites for hydroxylation is 1. The normalized spacial score (nSPS) is 12.9. The minimum Gasteiger partial charge on any atom is -0.330 e. The van der Waals surface area contributed by atoms with E-state index in [0.29, 0.717) is 0 Å². The second-order valence-corrected chi connectivity index (χ2v) is 6.76. The van der Waals surface area contributed by atoms with Crippen molar-refractivity contribution in [2.75, 3.05) is 0 Å². The lowest BCUT2D eigenvalue weighted by molar-refractivity contribution is 0.536. The first-order valence-corrected chi connectivity index (χ1v) is 8.20. The number of rotatable bonds is 4. The van der Waals surface area contributed by atoms with Crippen molar-refractivity contribution >= 4 is 38.3 Å². The molecule has 2 aromatic heterocycles. The molecule has 1 aromatic carbocycles. The molecule has 0 saturated heterocycles. The Bertz CT molecular complexity index is 732. The molecule has 5 heteroatoms. The Morgan fingerprint density at radius 1 is 1.40 bits per heavy atom. The van der Waals surface area contributed by atoms with E-state index in [9.17, 15) is 0 Å². The minimum atomic E-state index is 0.216. The standard InChI is InChI=1S/C15H16BrN3S/c1-10(17-8-12-7-11(16)9-20-12)15-18-13-5-3-4-6-14(13)19(15)2/h3-7,9-10,17H,8H2,1-2H3. The highest BCUT2D eigenvalue weighted by Crippen LogP contribution is 2.22. The molecule has 104 valence electrons. The fourth-order valence-corrected chi connectivity index (χ4v) is 3.74. The number of nitrogens with zero attached hydrogens (tertiary/aromatic N) is 2. The van der Waals surface area contributed by atoms with Gasteiger partial charge in [-0.15, -0.1) is 11.3 Å². The molecule has 2 heterocycles. The van der Waals surface area contributed by atoms with Gasteiger partial charge in [0.15, 0.2) is 0 Å². The SMILES string of the molecule is CC(NCc1cc(Br)cs1)c1nc2ccccc2n1C. The smallest absolute Gasteiger partial charge is 0.126 e. The molecular weight excluding hydrogens is 334 g/mol. The fourth-order valence-electron chi connectivity index (χ4n) is 2.34. The highest BCUT2D eigenvalue weighted by molar-refractivity contribution is 9.10. The molecule has 0 bridgehead atoms. The number of hydrogen-bond acceptors (Lipinski definition) is 3. The van der Waals surface area contributed by atoms with Crippen molar-refractivity contribution in [3.63, 3.8) is 0 Å². The van der Waals surface area contributed by atoms with Gasteiger partial charge in [-0.25, -0.2) is 4.98 Å². The maximum atomic E-state index is 4.72. The van der Waals surface area contributed by atoms with Crippen LogP contribution in [-0.4, -0.2) is 9.55 Å². The molecule has 0 fully saturated rings. The van der Waals surface area contributed by atoms with E-state index in [1.807, 2.05) is 6.07 Å². The molecule has 0 saturated carbocycles. The molecule has 1 unspecified atom stereocenters. The second kappa shape index (κ2) is 5.68. The molecule has 0 aliphatic heterocycles. The lowest BCUT2D eigenvalue weighted by Crippen LogP contribution is -2.20. The summed E-state index contributed by atoms with van der Waals surface area (Å²) in [6.07, 6.45) is 0. The van der Waals surface area contributed by atoms with Crippen molar-refractivity contribution in [1.82, 2.24) is 14.9 Å². The van der Waals surface area contributed by atoms with E-state index in [-0.39, 0.29) is 6.04 Å². The molecule has 0 aliphatic carbocycles. The largest absolute Gasteiger partial charge is 0.330 e. The van der Waals surface area contributed by atoms with E-state index >= 15 is 0 Å². The maximum Gasteiger partial charge on any atom is 0.126 e. The number of nitrogens with one attached hydrogen (secondary N) is 1. The zero-order valence-electron chi connectivity index (χ0n) is 11.4. The zero-order chi connectivity index (χ0) is 14.1. The van der Waals surface area contributed by atoms with E-state index < -0.39 is 0 Å². The van der Waals surface area contributed by atoms with Crippen LogP contribution in [-0.2, 0) is 13.6 Å². The Labute approximate surface area is 130 Å². The Hall–Kier alpha value is -1.17. The van der Waals surface area contributed by atoms with Gasteiger partial charge in [0, 0.05) is 28.3 Å². The van der Waals surface area contributed by atoms with Crippen molar-refractivity contribution < 1.29 is 0 Å². The van der Waals surface area contributed by atoms with Gasteiger partial charge in [0.25, 0.3) is 0 Å². The summed E-state index contributed by atoms with van der Waals surface area (Å²) >= 11 is 5.24. The summed E-state index contributed by atoms with van der Waals surface area (Å²) in [6, 6.07) is 10.6. The van der Waals surface area contributed by atoms with Crippen LogP contribution in [0.25, 0.3) is 11.0 Å². The molecule has 0 spiro atoms. The maximum absolute atomic E-state index is 4.72. The summed E-state index contributed by atoms with van der Waals surface area (Å²) in [4.78, 5) is 6.05. The number of aromatic nitrogens is 2. The highest BCUT2D eigenvalue weighted by atomic mass is 79.9. The molecule has 1 atom stereocenters. The summed E-state index contributed by atoms with van der Waals surface area (Å²) in [7, 11) is 2.07. The van der Waals surface area contributed by atoms with Crippen LogP contribution in [0.5, 0.6) is 0 Å². The molecule has 3 nitrogen and oxygen atoms in total. The predicted octanol–water partition coefficient (Wildman–Crippen LogP) is 4.25. The first-order chi connectivity index (χ1) is 9.65. The number of hydrogen-bond donors (Lipinski definition) is 1. The lowest BCUT2D eigenvalue weighted by Gasteiger charge is -2.13. The summed E-state index contributed by atoms with van der Waals surface area (Å²) in [5.74, 6) is 1.07. The molecule has 0 radical (unpaired) electrons. The first-order valence-electron chi connectivity index (χ1n) is 6.53. The summed E-state index contributed by atoms with van der Waals surface area (Å²) < 4.78 is 3.31. The summed E-state index contributed by atoms with van der Waals surface area (Å²) in [5, 5.41) is 5.64. The number of benzene rings is 1. The monoisotopic (exact) mass is 349 g/mol. The number of fused-ring (bicyclic) bond motifs is 1. The van der Waals surface area contributed by atoms with Crippen LogP contribution in [0, 0.1) is 0 Å². The number of imidazole rings is 1. The van der Waals surface area contributed by atoms with Crippen LogP contribution in [0.3, 0.4) is 0 Å². The lowest BCUT2D eigenvalue weighted by atomic mass is 10.3. The van der Waals surface area contributed by atoms with Gasteiger partial charge < -0.3 is 9.88 Å². The molecule has 0 amide bonds. The van der Waals surface area contributed by atoms with Gasteiger partial charge in [-0.05, 0) is 41.1 Å². The van der Waals surface area contributed by atoms with Gasteiger partial charge >= 0.3 is 0 Å². The zero-order valence-corrected chi connectivity index (χ0v) is 13.8. The molecule has 20 heavy (non-hydrogen) atoms. The van der Waals surface area contributed by atoms with Gasteiger partial charge in [-0.2, -0.15) is 0 Å². The Balaban J connectivity index is 1.78. The average Bonchev–Trinajstić information content (AvgIpc) is 3.01. The summed E-state index contributed by atoms with van der Waals surface area (Å²) in [6.45, 7) is 3.02. The Kier molecular flexibility index (Phi) is 3.92. The third-order valence-corrected chi connectivity index (χ3v) is 5.11. The molecular formula is C15H16BrN3S. The van der Waals surface area contributed by atoms with Gasteiger partial charge in [-0.3, -0.25) is 0 Å². The van der Waals surface area contributed by atoms with E-state index in [2.05, 4.69) is 69.4 Å². The van der Waals surface area contributed by atoms with Gasteiger partial charge in [0.1, 0.15) is 5.82 Å². The first kappa shape index (κ1) is 13.8. The summed E-state index contributed by atoms with van der Waals surface area (Å²) in [5.41, 5.74) is 2.23. The van der Waals surface area contributed by atoms with Crippen molar-refractivity contribution in [2.24, 2.45) is 7.05 Å². The van der Waals surface area contributed by atoms with Crippen LogP contribution >= 0.6 is 27.3 Å². The van der Waals surface area contributed by atoms with Crippen molar-refractivity contribution in [3.8, 4) is 0 Å².